The molecule has 0 bridgehead atoms. The van der Waals surface area contributed by atoms with Gasteiger partial charge in [-0.2, -0.15) is 0 Å². The number of amides is 2. The van der Waals surface area contributed by atoms with E-state index in [0.717, 1.165) is 31.7 Å². The Morgan fingerprint density at radius 1 is 1.12 bits per heavy atom. The molecule has 2 aromatic carbocycles. The predicted molar refractivity (Wildman–Crippen MR) is 125 cm³/mol. The van der Waals surface area contributed by atoms with E-state index in [-0.39, 0.29) is 6.03 Å². The fourth-order valence-corrected chi connectivity index (χ4v) is 4.44. The molecule has 2 heterocycles. The minimum Gasteiger partial charge on any atom is -0.466 e. The summed E-state index contributed by atoms with van der Waals surface area (Å²) >= 11 is 6.15. The Hall–Kier alpha value is -3.03. The molecule has 32 heavy (non-hydrogen) atoms. The molecule has 1 saturated heterocycles. The second kappa shape index (κ2) is 9.63. The summed E-state index contributed by atoms with van der Waals surface area (Å²) in [5.74, 6) is -0.476. The zero-order valence-corrected chi connectivity index (χ0v) is 19.0. The van der Waals surface area contributed by atoms with Crippen LogP contribution in [-0.4, -0.2) is 56.7 Å². The standard InChI is InChI=1S/C24H27ClN4O3/c1-16-5-3-8-19(13-16)29-11-9-28(10-12-29)15-20-21(23(30)32-2)22(27-24(31)26-20)17-6-4-7-18(25)14-17/h3-8,13-14,22H,9-12,15H2,1-2H3,(H2,26,27,31)/t22-/m1/s1. The van der Waals surface area contributed by atoms with Crippen LogP contribution in [0.3, 0.4) is 0 Å². The molecule has 2 N–H and O–H groups in total. The molecule has 168 valence electrons. The number of benzene rings is 2. The average molecular weight is 455 g/mol. The van der Waals surface area contributed by atoms with Crippen molar-refractivity contribution in [2.45, 2.75) is 13.0 Å². The van der Waals surface area contributed by atoms with Crippen LogP contribution in [0.4, 0.5) is 10.5 Å². The lowest BCUT2D eigenvalue weighted by Crippen LogP contribution is -2.51. The number of esters is 1. The monoisotopic (exact) mass is 454 g/mol. The number of aryl methyl sites for hydroxylation is 1. The van der Waals surface area contributed by atoms with E-state index in [4.69, 9.17) is 16.3 Å². The van der Waals surface area contributed by atoms with Gasteiger partial charge >= 0.3 is 12.0 Å². The lowest BCUT2D eigenvalue weighted by atomic mass is 9.95. The first kappa shape index (κ1) is 22.2. The van der Waals surface area contributed by atoms with Crippen molar-refractivity contribution in [1.29, 1.82) is 0 Å². The third kappa shape index (κ3) is 4.89. The SMILES string of the molecule is COC(=O)C1=C(CN2CCN(c3cccc(C)c3)CC2)NC(=O)N[C@@H]1c1cccc(Cl)c1. The summed E-state index contributed by atoms with van der Waals surface area (Å²) < 4.78 is 5.06. The number of hydrogen-bond acceptors (Lipinski definition) is 5. The topological polar surface area (TPSA) is 73.9 Å². The van der Waals surface area contributed by atoms with Crippen LogP contribution in [0.15, 0.2) is 59.8 Å². The summed E-state index contributed by atoms with van der Waals surface area (Å²) in [7, 11) is 1.35. The minimum atomic E-state index is -0.626. The van der Waals surface area contributed by atoms with E-state index in [1.54, 1.807) is 18.2 Å². The van der Waals surface area contributed by atoms with Crippen LogP contribution in [-0.2, 0) is 9.53 Å². The lowest BCUT2D eigenvalue weighted by molar-refractivity contribution is -0.136. The Labute approximate surface area is 193 Å². The van der Waals surface area contributed by atoms with Gasteiger partial charge in [0.15, 0.2) is 0 Å². The number of carbonyl (C=O) groups is 2. The highest BCUT2D eigenvalue weighted by atomic mass is 35.5. The van der Waals surface area contributed by atoms with Gasteiger partial charge in [0.2, 0.25) is 0 Å². The van der Waals surface area contributed by atoms with Crippen molar-refractivity contribution in [1.82, 2.24) is 15.5 Å². The molecule has 8 heteroatoms. The molecule has 2 amide bonds. The summed E-state index contributed by atoms with van der Waals surface area (Å²) in [5, 5.41) is 6.20. The number of methoxy groups -OCH3 is 1. The molecule has 0 spiro atoms. The van der Waals surface area contributed by atoms with Crippen LogP contribution >= 0.6 is 11.6 Å². The lowest BCUT2D eigenvalue weighted by Gasteiger charge is -2.38. The van der Waals surface area contributed by atoms with Gasteiger partial charge in [0.25, 0.3) is 0 Å². The predicted octanol–water partition coefficient (Wildman–Crippen LogP) is 3.25. The maximum Gasteiger partial charge on any atom is 0.338 e. The molecule has 4 rings (SSSR count). The molecule has 2 aliphatic heterocycles. The maximum absolute atomic E-state index is 12.7. The van der Waals surface area contributed by atoms with Gasteiger partial charge in [0.1, 0.15) is 0 Å². The van der Waals surface area contributed by atoms with Crippen molar-refractivity contribution in [3.8, 4) is 0 Å². The molecular weight excluding hydrogens is 428 g/mol. The van der Waals surface area contributed by atoms with Crippen LogP contribution in [0.5, 0.6) is 0 Å². The van der Waals surface area contributed by atoms with Crippen LogP contribution in [0, 0.1) is 6.92 Å². The van der Waals surface area contributed by atoms with Crippen LogP contribution in [0.2, 0.25) is 5.02 Å². The van der Waals surface area contributed by atoms with Gasteiger partial charge in [-0.1, -0.05) is 35.9 Å². The van der Waals surface area contributed by atoms with Crippen LogP contribution in [0.25, 0.3) is 0 Å². The van der Waals surface area contributed by atoms with E-state index >= 15 is 0 Å². The number of nitrogens with zero attached hydrogens (tertiary/aromatic N) is 2. The molecule has 1 atom stereocenters. The third-order valence-electron chi connectivity index (χ3n) is 5.86. The van der Waals surface area contributed by atoms with E-state index in [2.05, 4.69) is 51.6 Å². The highest BCUT2D eigenvalue weighted by Gasteiger charge is 2.34. The van der Waals surface area contributed by atoms with Crippen LogP contribution < -0.4 is 15.5 Å². The van der Waals surface area contributed by atoms with Crippen molar-refractivity contribution >= 4 is 29.3 Å². The van der Waals surface area contributed by atoms with Gasteiger partial charge in [0.05, 0.1) is 18.7 Å². The second-order valence-electron chi connectivity index (χ2n) is 8.07. The quantitative estimate of drug-likeness (QED) is 0.678. The average Bonchev–Trinajstić information content (AvgIpc) is 2.79. The van der Waals surface area contributed by atoms with E-state index < -0.39 is 12.0 Å². The van der Waals surface area contributed by atoms with Gasteiger partial charge in [-0.3, -0.25) is 4.90 Å². The third-order valence-corrected chi connectivity index (χ3v) is 6.10. The van der Waals surface area contributed by atoms with E-state index in [0.29, 0.717) is 22.8 Å². The highest BCUT2D eigenvalue weighted by molar-refractivity contribution is 6.30. The van der Waals surface area contributed by atoms with Gasteiger partial charge in [0, 0.05) is 49.1 Å². The number of piperazine rings is 1. The zero-order chi connectivity index (χ0) is 22.7. The first-order valence-electron chi connectivity index (χ1n) is 10.6. The Balaban J connectivity index is 1.55. The summed E-state index contributed by atoms with van der Waals surface area (Å²) in [6.07, 6.45) is 0. The van der Waals surface area contributed by atoms with Crippen LogP contribution in [0.1, 0.15) is 17.2 Å². The minimum absolute atomic E-state index is 0.351. The largest absolute Gasteiger partial charge is 0.466 e. The number of ether oxygens (including phenoxy) is 1. The molecule has 0 saturated carbocycles. The van der Waals surface area contributed by atoms with E-state index in [1.807, 2.05) is 6.07 Å². The van der Waals surface area contributed by atoms with Crippen molar-refractivity contribution < 1.29 is 14.3 Å². The zero-order valence-electron chi connectivity index (χ0n) is 18.2. The highest BCUT2D eigenvalue weighted by Crippen LogP contribution is 2.29. The fraction of sp³-hybridized carbons (Fsp3) is 0.333. The van der Waals surface area contributed by atoms with E-state index in [1.165, 1.54) is 18.4 Å². The molecule has 2 aliphatic rings. The molecule has 7 nitrogen and oxygen atoms in total. The molecule has 0 radical (unpaired) electrons. The Morgan fingerprint density at radius 3 is 2.56 bits per heavy atom. The summed E-state index contributed by atoms with van der Waals surface area (Å²) in [6, 6.07) is 14.6. The van der Waals surface area contributed by atoms with Gasteiger partial charge < -0.3 is 20.3 Å². The van der Waals surface area contributed by atoms with Crippen molar-refractivity contribution in [2.75, 3.05) is 44.7 Å². The Morgan fingerprint density at radius 2 is 1.88 bits per heavy atom. The summed E-state index contributed by atoms with van der Waals surface area (Å²) in [6.45, 7) is 5.92. The second-order valence-corrected chi connectivity index (χ2v) is 8.51. The van der Waals surface area contributed by atoms with E-state index in [9.17, 15) is 9.59 Å². The Bertz CT molecular complexity index is 1050. The molecule has 0 aliphatic carbocycles. The smallest absolute Gasteiger partial charge is 0.338 e. The van der Waals surface area contributed by atoms with Gasteiger partial charge in [-0.25, -0.2) is 9.59 Å². The maximum atomic E-state index is 12.7. The number of urea groups is 1. The normalized spacial score (nSPS) is 19.4. The van der Waals surface area contributed by atoms with Gasteiger partial charge in [-0.15, -0.1) is 0 Å². The first-order valence-corrected chi connectivity index (χ1v) is 11.0. The number of carbonyl (C=O) groups excluding carboxylic acids is 2. The Kier molecular flexibility index (Phi) is 6.67. The number of nitrogens with one attached hydrogen (secondary N) is 2. The molecule has 1 fully saturated rings. The van der Waals surface area contributed by atoms with Crippen molar-refractivity contribution in [3.63, 3.8) is 0 Å². The fourth-order valence-electron chi connectivity index (χ4n) is 4.24. The number of anilines is 1. The van der Waals surface area contributed by atoms with Gasteiger partial charge in [-0.05, 0) is 42.3 Å². The molecular formula is C24H27ClN4O3. The molecule has 0 aromatic heterocycles. The number of hydrogen-bond donors (Lipinski definition) is 2. The van der Waals surface area contributed by atoms with Crippen molar-refractivity contribution in [3.05, 3.63) is 76.0 Å². The summed E-state index contributed by atoms with van der Waals surface area (Å²) in [5.41, 5.74) is 4.15. The van der Waals surface area contributed by atoms with Crippen molar-refractivity contribution in [2.24, 2.45) is 0 Å². The first-order chi connectivity index (χ1) is 15.4. The number of rotatable bonds is 5. The molecule has 0 unspecified atom stereocenters. The number of halogens is 1. The molecule has 2 aromatic rings. The summed E-state index contributed by atoms with van der Waals surface area (Å²) in [4.78, 5) is 29.8.